The van der Waals surface area contributed by atoms with Crippen molar-refractivity contribution < 1.29 is 12.8 Å². The molecule has 15 heavy (non-hydrogen) atoms. The van der Waals surface area contributed by atoms with Crippen molar-refractivity contribution in [3.8, 4) is 0 Å². The Hall–Kier alpha value is -0.810. The van der Waals surface area contributed by atoms with Crippen LogP contribution in [0.4, 0.5) is 0 Å². The van der Waals surface area contributed by atoms with E-state index in [4.69, 9.17) is 4.42 Å². The van der Waals surface area contributed by atoms with Crippen molar-refractivity contribution in [2.24, 2.45) is 0 Å². The van der Waals surface area contributed by atoms with Crippen molar-refractivity contribution in [1.29, 1.82) is 0 Å². The Balaban J connectivity index is 2.76. The van der Waals surface area contributed by atoms with E-state index < -0.39 is 15.3 Å². The third kappa shape index (κ3) is 2.82. The molecule has 0 aromatic carbocycles. The Morgan fingerprint density at radius 3 is 2.40 bits per heavy atom. The maximum Gasteiger partial charge on any atom is 0.216 e. The summed E-state index contributed by atoms with van der Waals surface area (Å²) in [5, 5.41) is -0.404. The molecule has 0 aliphatic carbocycles. The molecule has 0 saturated heterocycles. The molecule has 1 aromatic rings. The van der Waals surface area contributed by atoms with Crippen molar-refractivity contribution in [3.63, 3.8) is 0 Å². The second-order valence-corrected chi connectivity index (χ2v) is 6.46. The topological polar surface area (TPSA) is 50.5 Å². The normalized spacial score (nSPS) is 12.7. The fraction of sp³-hybridized carbons (Fsp3) is 0.600. The highest BCUT2D eigenvalue weighted by molar-refractivity contribution is 7.89. The first-order valence-corrected chi connectivity index (χ1v) is 6.35. The summed E-state index contributed by atoms with van der Waals surface area (Å²) in [5.74, 6) is 1.46. The Kier molecular flexibility index (Phi) is 3.57. The average Bonchev–Trinajstić information content (AvgIpc) is 2.50. The first-order valence-electron chi connectivity index (χ1n) is 4.84. The monoisotopic (exact) mass is 231 g/mol. The summed E-state index contributed by atoms with van der Waals surface area (Å²) >= 11 is 0. The van der Waals surface area contributed by atoms with Gasteiger partial charge in [-0.2, -0.15) is 4.31 Å². The quantitative estimate of drug-likeness (QED) is 0.793. The summed E-state index contributed by atoms with van der Waals surface area (Å²) in [4.78, 5) is 0. The molecule has 0 aliphatic heterocycles. The molecule has 5 heteroatoms. The molecule has 0 amide bonds. The minimum atomic E-state index is -3.19. The molecule has 0 N–H and O–H groups in total. The molecule has 0 unspecified atom stereocenters. The number of rotatable bonds is 4. The minimum absolute atomic E-state index is 0.286. The number of hydrogen-bond acceptors (Lipinski definition) is 3. The highest BCUT2D eigenvalue weighted by Crippen LogP contribution is 2.13. The zero-order valence-electron chi connectivity index (χ0n) is 9.52. The number of hydrogen-bond donors (Lipinski definition) is 0. The molecule has 1 aromatic heterocycles. The van der Waals surface area contributed by atoms with Gasteiger partial charge in [0.25, 0.3) is 0 Å². The molecule has 1 rings (SSSR count). The van der Waals surface area contributed by atoms with E-state index in [9.17, 15) is 8.42 Å². The summed E-state index contributed by atoms with van der Waals surface area (Å²) < 4.78 is 30.1. The number of sulfonamides is 1. The Bertz CT molecular complexity index is 420. The maximum absolute atomic E-state index is 11.7. The van der Waals surface area contributed by atoms with Gasteiger partial charge in [0, 0.05) is 7.05 Å². The number of aryl methyl sites for hydroxylation is 1. The Morgan fingerprint density at radius 1 is 1.40 bits per heavy atom. The zero-order chi connectivity index (χ0) is 11.6. The van der Waals surface area contributed by atoms with E-state index in [0.29, 0.717) is 5.76 Å². The molecular formula is C10H17NO3S. The van der Waals surface area contributed by atoms with Gasteiger partial charge in [-0.25, -0.2) is 8.42 Å². The highest BCUT2D eigenvalue weighted by Gasteiger charge is 2.22. The van der Waals surface area contributed by atoms with Crippen molar-refractivity contribution >= 4 is 10.0 Å². The first-order chi connectivity index (χ1) is 6.84. The van der Waals surface area contributed by atoms with Gasteiger partial charge in [0.1, 0.15) is 11.5 Å². The highest BCUT2D eigenvalue weighted by atomic mass is 32.2. The van der Waals surface area contributed by atoms with E-state index in [-0.39, 0.29) is 6.54 Å². The van der Waals surface area contributed by atoms with Crippen molar-refractivity contribution in [2.75, 3.05) is 7.05 Å². The lowest BCUT2D eigenvalue weighted by Crippen LogP contribution is -2.32. The molecule has 0 radical (unpaired) electrons. The molecule has 4 nitrogen and oxygen atoms in total. The standard InChI is InChI=1S/C10H17NO3S/c1-8(2)15(12,13)11(4)7-10-6-5-9(3)14-10/h5-6,8H,7H2,1-4H3. The van der Waals surface area contributed by atoms with Crippen LogP contribution in [0.25, 0.3) is 0 Å². The maximum atomic E-state index is 11.7. The molecule has 0 spiro atoms. The van der Waals surface area contributed by atoms with Crippen molar-refractivity contribution in [1.82, 2.24) is 4.31 Å². The van der Waals surface area contributed by atoms with Crippen LogP contribution in [-0.4, -0.2) is 25.0 Å². The van der Waals surface area contributed by atoms with E-state index in [1.54, 1.807) is 27.0 Å². The Labute approximate surface area is 90.9 Å². The fourth-order valence-electron chi connectivity index (χ4n) is 1.24. The van der Waals surface area contributed by atoms with E-state index in [1.807, 2.05) is 13.0 Å². The van der Waals surface area contributed by atoms with Crippen molar-refractivity contribution in [3.05, 3.63) is 23.7 Å². The van der Waals surface area contributed by atoms with Gasteiger partial charge in [0.15, 0.2) is 0 Å². The third-order valence-electron chi connectivity index (χ3n) is 2.20. The molecule has 0 aliphatic rings. The molecule has 0 fully saturated rings. The molecule has 0 atom stereocenters. The zero-order valence-corrected chi connectivity index (χ0v) is 10.3. The Morgan fingerprint density at radius 2 is 2.00 bits per heavy atom. The summed E-state index contributed by atoms with van der Waals surface area (Å²) in [5.41, 5.74) is 0. The van der Waals surface area contributed by atoms with Crippen LogP contribution in [-0.2, 0) is 16.6 Å². The van der Waals surface area contributed by atoms with E-state index in [2.05, 4.69) is 0 Å². The molecule has 1 heterocycles. The summed E-state index contributed by atoms with van der Waals surface area (Å²) in [6.45, 7) is 5.45. The predicted octanol–water partition coefficient (Wildman–Crippen LogP) is 1.76. The molecule has 86 valence electrons. The molecular weight excluding hydrogens is 214 g/mol. The predicted molar refractivity (Wildman–Crippen MR) is 59.0 cm³/mol. The van der Waals surface area contributed by atoms with Crippen LogP contribution in [0.15, 0.2) is 16.5 Å². The van der Waals surface area contributed by atoms with Gasteiger partial charge in [0.2, 0.25) is 10.0 Å². The largest absolute Gasteiger partial charge is 0.465 e. The van der Waals surface area contributed by atoms with Gasteiger partial charge >= 0.3 is 0 Å². The second kappa shape index (κ2) is 4.37. The SMILES string of the molecule is Cc1ccc(CN(C)S(=O)(=O)C(C)C)o1. The molecule has 0 saturated carbocycles. The van der Waals surface area contributed by atoms with Crippen LogP contribution in [0, 0.1) is 6.92 Å². The molecule has 0 bridgehead atoms. The third-order valence-corrected chi connectivity index (χ3v) is 4.39. The van der Waals surface area contributed by atoms with Gasteiger partial charge in [0.05, 0.1) is 11.8 Å². The van der Waals surface area contributed by atoms with Crippen LogP contribution in [0.3, 0.4) is 0 Å². The van der Waals surface area contributed by atoms with Gasteiger partial charge in [-0.1, -0.05) is 0 Å². The average molecular weight is 231 g/mol. The van der Waals surface area contributed by atoms with Gasteiger partial charge in [-0.15, -0.1) is 0 Å². The van der Waals surface area contributed by atoms with Crippen LogP contribution in [0.5, 0.6) is 0 Å². The van der Waals surface area contributed by atoms with Crippen LogP contribution in [0.1, 0.15) is 25.4 Å². The van der Waals surface area contributed by atoms with Crippen molar-refractivity contribution in [2.45, 2.75) is 32.6 Å². The number of nitrogens with zero attached hydrogens (tertiary/aromatic N) is 1. The van der Waals surface area contributed by atoms with E-state index >= 15 is 0 Å². The summed E-state index contributed by atoms with van der Waals surface area (Å²) in [6.07, 6.45) is 0. The van der Waals surface area contributed by atoms with Gasteiger partial charge < -0.3 is 4.42 Å². The lowest BCUT2D eigenvalue weighted by Gasteiger charge is -2.18. The van der Waals surface area contributed by atoms with Gasteiger partial charge in [-0.3, -0.25) is 0 Å². The first kappa shape index (κ1) is 12.3. The summed E-state index contributed by atoms with van der Waals surface area (Å²) in [7, 11) is -1.63. The van der Waals surface area contributed by atoms with Crippen LogP contribution < -0.4 is 0 Å². The number of furan rings is 1. The van der Waals surface area contributed by atoms with Crippen LogP contribution >= 0.6 is 0 Å². The van der Waals surface area contributed by atoms with E-state index in [1.165, 1.54) is 4.31 Å². The van der Waals surface area contributed by atoms with Crippen LogP contribution in [0.2, 0.25) is 0 Å². The second-order valence-electron chi connectivity index (χ2n) is 3.86. The fourth-order valence-corrected chi connectivity index (χ4v) is 2.27. The van der Waals surface area contributed by atoms with E-state index in [0.717, 1.165) is 5.76 Å². The smallest absolute Gasteiger partial charge is 0.216 e. The van der Waals surface area contributed by atoms with Gasteiger partial charge in [-0.05, 0) is 32.9 Å². The lowest BCUT2D eigenvalue weighted by atomic mass is 10.4. The lowest BCUT2D eigenvalue weighted by molar-refractivity contribution is 0.394. The minimum Gasteiger partial charge on any atom is -0.465 e. The summed E-state index contributed by atoms with van der Waals surface area (Å²) in [6, 6.07) is 3.62.